The largest absolute Gasteiger partial charge is 0.504 e. The Hall–Kier alpha value is -1.51. The van der Waals surface area contributed by atoms with E-state index in [1.807, 2.05) is 0 Å². The first-order chi connectivity index (χ1) is 7.81. The van der Waals surface area contributed by atoms with Gasteiger partial charge in [0.1, 0.15) is 0 Å². The van der Waals surface area contributed by atoms with Gasteiger partial charge in [0.2, 0.25) is 15.8 Å². The first kappa shape index (κ1) is 13.6. The quantitative estimate of drug-likeness (QED) is 0.348. The molecule has 0 saturated carbocycles. The molecule has 96 valence electrons. The van der Waals surface area contributed by atoms with Crippen LogP contribution < -0.4 is 10.5 Å². The Bertz CT molecular complexity index is 500. The van der Waals surface area contributed by atoms with Gasteiger partial charge in [-0.1, -0.05) is 6.07 Å². The number of sulfonamides is 1. The molecule has 0 fully saturated rings. The van der Waals surface area contributed by atoms with E-state index in [2.05, 4.69) is 5.32 Å². The Kier molecular flexibility index (Phi) is 4.16. The van der Waals surface area contributed by atoms with Crippen molar-refractivity contribution in [3.05, 3.63) is 17.7 Å². The Balaban J connectivity index is 2.56. The molecular formula is C9H14N2O5S. The molecule has 0 atom stereocenters. The number of phenols is 3. The van der Waals surface area contributed by atoms with Gasteiger partial charge >= 0.3 is 0 Å². The molecule has 0 amide bonds. The summed E-state index contributed by atoms with van der Waals surface area (Å²) in [5.74, 6) is -1.68. The molecule has 0 aliphatic rings. The van der Waals surface area contributed by atoms with Crippen LogP contribution in [0.1, 0.15) is 5.56 Å². The average molecular weight is 262 g/mol. The van der Waals surface area contributed by atoms with Crippen molar-refractivity contribution in [1.82, 2.24) is 5.32 Å². The molecule has 7 nitrogen and oxygen atoms in total. The highest BCUT2D eigenvalue weighted by Gasteiger charge is 2.10. The van der Waals surface area contributed by atoms with E-state index in [0.29, 0.717) is 5.56 Å². The number of hydrogen-bond donors (Lipinski definition) is 5. The summed E-state index contributed by atoms with van der Waals surface area (Å²) < 4.78 is 21.2. The van der Waals surface area contributed by atoms with E-state index in [9.17, 15) is 18.6 Å². The summed E-state index contributed by atoms with van der Waals surface area (Å²) in [6.45, 7) is 0.273. The first-order valence-electron chi connectivity index (χ1n) is 4.75. The monoisotopic (exact) mass is 262 g/mol. The lowest BCUT2D eigenvalue weighted by Crippen LogP contribution is -2.26. The van der Waals surface area contributed by atoms with Gasteiger partial charge in [0, 0.05) is 18.7 Å². The number of phenolic OH excluding ortho intramolecular Hbond substituents is 3. The third-order valence-corrected chi connectivity index (χ3v) is 2.87. The number of rotatable bonds is 5. The number of benzene rings is 1. The lowest BCUT2D eigenvalue weighted by molar-refractivity contribution is 0.364. The number of primary sulfonamides is 1. The molecule has 0 bridgehead atoms. The average Bonchev–Trinajstić information content (AvgIpc) is 2.22. The second-order valence-corrected chi connectivity index (χ2v) is 5.22. The highest BCUT2D eigenvalue weighted by molar-refractivity contribution is 7.89. The van der Waals surface area contributed by atoms with Crippen molar-refractivity contribution < 1.29 is 23.7 Å². The molecule has 0 aliphatic carbocycles. The molecule has 1 rings (SSSR count). The topological polar surface area (TPSA) is 133 Å². The van der Waals surface area contributed by atoms with Crippen LogP contribution in [-0.2, 0) is 16.6 Å². The summed E-state index contributed by atoms with van der Waals surface area (Å²) in [6, 6.07) is 2.64. The molecule has 8 heteroatoms. The molecule has 6 N–H and O–H groups in total. The third kappa shape index (κ3) is 4.10. The van der Waals surface area contributed by atoms with E-state index in [1.54, 1.807) is 0 Å². The van der Waals surface area contributed by atoms with Crippen molar-refractivity contribution in [2.45, 2.75) is 6.54 Å². The minimum atomic E-state index is -3.52. The molecule has 0 aliphatic heterocycles. The van der Waals surface area contributed by atoms with E-state index in [4.69, 9.17) is 10.2 Å². The Morgan fingerprint density at radius 1 is 1.18 bits per heavy atom. The SMILES string of the molecule is NS(=O)(=O)CCNCc1ccc(O)c(O)c1O. The molecule has 0 saturated heterocycles. The predicted octanol–water partition coefficient (Wildman–Crippen LogP) is -0.818. The van der Waals surface area contributed by atoms with Crippen molar-refractivity contribution >= 4 is 10.0 Å². The summed E-state index contributed by atoms with van der Waals surface area (Å²) in [7, 11) is -3.52. The Morgan fingerprint density at radius 3 is 2.41 bits per heavy atom. The van der Waals surface area contributed by atoms with Crippen molar-refractivity contribution in [1.29, 1.82) is 0 Å². The van der Waals surface area contributed by atoms with Crippen LogP contribution in [-0.4, -0.2) is 36.0 Å². The number of nitrogens with two attached hydrogens (primary N) is 1. The summed E-state index contributed by atoms with van der Waals surface area (Å²) >= 11 is 0. The van der Waals surface area contributed by atoms with Gasteiger partial charge in [-0.15, -0.1) is 0 Å². The Labute approximate surface area is 98.6 Å². The van der Waals surface area contributed by atoms with Gasteiger partial charge in [-0.05, 0) is 6.07 Å². The second-order valence-electron chi connectivity index (χ2n) is 3.48. The number of hydrogen-bond acceptors (Lipinski definition) is 6. The zero-order chi connectivity index (χ0) is 13.1. The zero-order valence-electron chi connectivity index (χ0n) is 8.92. The molecule has 0 radical (unpaired) electrons. The van der Waals surface area contributed by atoms with Gasteiger partial charge < -0.3 is 20.6 Å². The van der Waals surface area contributed by atoms with E-state index >= 15 is 0 Å². The summed E-state index contributed by atoms with van der Waals surface area (Å²) in [5, 5.41) is 35.3. The van der Waals surface area contributed by atoms with Crippen LogP contribution >= 0.6 is 0 Å². The lowest BCUT2D eigenvalue weighted by atomic mass is 10.1. The molecule has 0 spiro atoms. The van der Waals surface area contributed by atoms with E-state index in [0.717, 1.165) is 0 Å². The maximum absolute atomic E-state index is 10.6. The van der Waals surface area contributed by atoms with Gasteiger partial charge in [-0.3, -0.25) is 0 Å². The molecule has 0 heterocycles. The fraction of sp³-hybridized carbons (Fsp3) is 0.333. The summed E-state index contributed by atoms with van der Waals surface area (Å²) in [6.07, 6.45) is 0. The van der Waals surface area contributed by atoms with E-state index in [-0.39, 0.29) is 18.8 Å². The zero-order valence-corrected chi connectivity index (χ0v) is 9.74. The van der Waals surface area contributed by atoms with Crippen LogP contribution in [0, 0.1) is 0 Å². The maximum atomic E-state index is 10.6. The maximum Gasteiger partial charge on any atom is 0.210 e. The van der Waals surface area contributed by atoms with E-state index < -0.39 is 27.3 Å². The highest BCUT2D eigenvalue weighted by Crippen LogP contribution is 2.36. The van der Waals surface area contributed by atoms with Gasteiger partial charge in [0.15, 0.2) is 11.5 Å². The molecule has 1 aromatic rings. The van der Waals surface area contributed by atoms with Crippen molar-refractivity contribution in [3.8, 4) is 17.2 Å². The van der Waals surface area contributed by atoms with Crippen molar-refractivity contribution in [2.75, 3.05) is 12.3 Å². The Morgan fingerprint density at radius 2 is 1.82 bits per heavy atom. The molecule has 0 unspecified atom stereocenters. The fourth-order valence-corrected chi connectivity index (χ4v) is 1.62. The van der Waals surface area contributed by atoms with E-state index in [1.165, 1.54) is 12.1 Å². The van der Waals surface area contributed by atoms with Crippen molar-refractivity contribution in [3.63, 3.8) is 0 Å². The highest BCUT2D eigenvalue weighted by atomic mass is 32.2. The van der Waals surface area contributed by atoms with Crippen LogP contribution in [0.5, 0.6) is 17.2 Å². The summed E-state index contributed by atoms with van der Waals surface area (Å²) in [4.78, 5) is 0. The fourth-order valence-electron chi connectivity index (χ4n) is 1.19. The number of nitrogens with one attached hydrogen (secondary N) is 1. The molecule has 0 aromatic heterocycles. The standard InChI is InChI=1S/C9H14N2O5S/c10-17(15,16)4-3-11-5-6-1-2-7(12)9(14)8(6)13/h1-2,11-14H,3-5H2,(H2,10,15,16). The molecular weight excluding hydrogens is 248 g/mol. The normalized spacial score (nSPS) is 11.6. The molecule has 1 aromatic carbocycles. The first-order valence-corrected chi connectivity index (χ1v) is 6.47. The lowest BCUT2D eigenvalue weighted by Gasteiger charge is -2.08. The van der Waals surface area contributed by atoms with Crippen molar-refractivity contribution in [2.24, 2.45) is 5.14 Å². The van der Waals surface area contributed by atoms with Crippen LogP contribution in [0.3, 0.4) is 0 Å². The minimum Gasteiger partial charge on any atom is -0.504 e. The van der Waals surface area contributed by atoms with Crippen LogP contribution in [0.15, 0.2) is 12.1 Å². The van der Waals surface area contributed by atoms with Crippen LogP contribution in [0.2, 0.25) is 0 Å². The van der Waals surface area contributed by atoms with Crippen LogP contribution in [0.25, 0.3) is 0 Å². The third-order valence-electron chi connectivity index (χ3n) is 2.09. The summed E-state index contributed by atoms with van der Waals surface area (Å²) in [5.41, 5.74) is 0.342. The molecule has 17 heavy (non-hydrogen) atoms. The van der Waals surface area contributed by atoms with Gasteiger partial charge in [-0.2, -0.15) is 0 Å². The minimum absolute atomic E-state index is 0.125. The van der Waals surface area contributed by atoms with Crippen LogP contribution in [0.4, 0.5) is 0 Å². The predicted molar refractivity (Wildman–Crippen MR) is 61.1 cm³/mol. The second kappa shape index (κ2) is 5.21. The smallest absolute Gasteiger partial charge is 0.210 e. The van der Waals surface area contributed by atoms with Gasteiger partial charge in [0.05, 0.1) is 5.75 Å². The number of aromatic hydroxyl groups is 3. The van der Waals surface area contributed by atoms with Gasteiger partial charge in [-0.25, -0.2) is 13.6 Å². The van der Waals surface area contributed by atoms with Gasteiger partial charge in [0.25, 0.3) is 0 Å².